The molecular formula is C14H20BrN3O2. The molecule has 1 saturated carbocycles. The summed E-state index contributed by atoms with van der Waals surface area (Å²) in [6.45, 7) is 1.44. The number of nitrogens with zero attached hydrogens (tertiary/aromatic N) is 2. The van der Waals surface area contributed by atoms with Crippen molar-refractivity contribution in [3.63, 3.8) is 0 Å². The summed E-state index contributed by atoms with van der Waals surface area (Å²) in [5, 5.41) is 11.0. The molecule has 1 aliphatic rings. The van der Waals surface area contributed by atoms with Crippen LogP contribution in [0.3, 0.4) is 0 Å². The third kappa shape index (κ3) is 3.37. The van der Waals surface area contributed by atoms with Crippen molar-refractivity contribution in [3.05, 3.63) is 38.3 Å². The van der Waals surface area contributed by atoms with Gasteiger partial charge in [0.15, 0.2) is 0 Å². The summed E-state index contributed by atoms with van der Waals surface area (Å²) in [6.07, 6.45) is 3.57. The first-order valence-corrected chi connectivity index (χ1v) is 7.65. The molecule has 1 aromatic carbocycles. The highest BCUT2D eigenvalue weighted by Gasteiger charge is 2.29. The Balaban J connectivity index is 2.09. The summed E-state index contributed by atoms with van der Waals surface area (Å²) < 4.78 is 0.523. The maximum Gasteiger partial charge on any atom is 0.283 e. The van der Waals surface area contributed by atoms with E-state index >= 15 is 0 Å². The molecule has 0 spiro atoms. The van der Waals surface area contributed by atoms with Crippen LogP contribution in [0.4, 0.5) is 5.69 Å². The third-order valence-electron chi connectivity index (χ3n) is 4.13. The number of nitrogens with two attached hydrogens (primary N) is 1. The van der Waals surface area contributed by atoms with Gasteiger partial charge < -0.3 is 5.73 Å². The highest BCUT2D eigenvalue weighted by atomic mass is 79.9. The second kappa shape index (κ2) is 6.65. The van der Waals surface area contributed by atoms with Gasteiger partial charge in [0, 0.05) is 18.7 Å². The standard InChI is InChI=1S/C14H20BrN3O2/c1-17(13-4-2-3-11(13)8-16)9-10-5-6-12(15)14(7-10)18(19)20/h5-7,11,13H,2-4,8-9,16H2,1H3. The van der Waals surface area contributed by atoms with Gasteiger partial charge in [0.1, 0.15) is 0 Å². The van der Waals surface area contributed by atoms with Crippen molar-refractivity contribution in [2.45, 2.75) is 31.8 Å². The molecule has 0 heterocycles. The second-order valence-corrected chi connectivity index (χ2v) is 6.31. The lowest BCUT2D eigenvalue weighted by molar-refractivity contribution is -0.385. The van der Waals surface area contributed by atoms with Crippen LogP contribution >= 0.6 is 15.9 Å². The lowest BCUT2D eigenvalue weighted by Crippen LogP contribution is -2.37. The molecule has 0 aromatic heterocycles. The number of hydrogen-bond donors (Lipinski definition) is 1. The van der Waals surface area contributed by atoms with Crippen LogP contribution in [-0.2, 0) is 6.54 Å². The van der Waals surface area contributed by atoms with E-state index in [1.807, 2.05) is 6.07 Å². The van der Waals surface area contributed by atoms with Crippen molar-refractivity contribution in [3.8, 4) is 0 Å². The third-order valence-corrected chi connectivity index (χ3v) is 4.80. The number of nitro benzene ring substituents is 1. The fourth-order valence-electron chi connectivity index (χ4n) is 3.07. The molecule has 1 aliphatic carbocycles. The topological polar surface area (TPSA) is 72.4 Å². The van der Waals surface area contributed by atoms with Gasteiger partial charge in [0.2, 0.25) is 0 Å². The van der Waals surface area contributed by atoms with Crippen LogP contribution in [0.25, 0.3) is 0 Å². The van der Waals surface area contributed by atoms with Gasteiger partial charge in [0.25, 0.3) is 5.69 Å². The van der Waals surface area contributed by atoms with Gasteiger partial charge in [0.05, 0.1) is 9.40 Å². The summed E-state index contributed by atoms with van der Waals surface area (Å²) in [4.78, 5) is 12.9. The summed E-state index contributed by atoms with van der Waals surface area (Å²) in [5.41, 5.74) is 6.90. The molecule has 110 valence electrons. The smallest absolute Gasteiger partial charge is 0.283 e. The zero-order valence-electron chi connectivity index (χ0n) is 11.6. The molecule has 5 nitrogen and oxygen atoms in total. The molecule has 0 bridgehead atoms. The molecule has 2 N–H and O–H groups in total. The maximum atomic E-state index is 11.0. The van der Waals surface area contributed by atoms with Crippen LogP contribution in [0.2, 0.25) is 0 Å². The first kappa shape index (κ1) is 15.4. The van der Waals surface area contributed by atoms with Gasteiger partial charge in [-0.05, 0) is 59.9 Å². The molecule has 20 heavy (non-hydrogen) atoms. The van der Waals surface area contributed by atoms with Gasteiger partial charge in [-0.3, -0.25) is 15.0 Å². The molecule has 6 heteroatoms. The minimum Gasteiger partial charge on any atom is -0.330 e. The van der Waals surface area contributed by atoms with Gasteiger partial charge in [-0.2, -0.15) is 0 Å². The predicted molar refractivity (Wildman–Crippen MR) is 82.4 cm³/mol. The Morgan fingerprint density at radius 2 is 2.25 bits per heavy atom. The summed E-state index contributed by atoms with van der Waals surface area (Å²) in [7, 11) is 2.08. The van der Waals surface area contributed by atoms with Crippen molar-refractivity contribution in [2.24, 2.45) is 11.7 Å². The van der Waals surface area contributed by atoms with Crippen LogP contribution in [0.5, 0.6) is 0 Å². The first-order valence-electron chi connectivity index (χ1n) is 6.86. The van der Waals surface area contributed by atoms with E-state index < -0.39 is 0 Å². The molecule has 0 saturated heterocycles. The predicted octanol–water partition coefficient (Wildman–Crippen LogP) is 2.92. The van der Waals surface area contributed by atoms with E-state index in [0.29, 0.717) is 16.4 Å². The molecule has 2 rings (SSSR count). The van der Waals surface area contributed by atoms with Gasteiger partial charge in [-0.15, -0.1) is 0 Å². The van der Waals surface area contributed by atoms with Crippen LogP contribution < -0.4 is 5.73 Å². The minimum atomic E-state index is -0.355. The van der Waals surface area contributed by atoms with E-state index in [1.165, 1.54) is 12.8 Å². The molecule has 0 aliphatic heterocycles. The summed E-state index contributed by atoms with van der Waals surface area (Å²) in [5.74, 6) is 0.547. The Bertz CT molecular complexity index is 495. The van der Waals surface area contributed by atoms with Crippen molar-refractivity contribution in [1.29, 1.82) is 0 Å². The minimum absolute atomic E-state index is 0.123. The van der Waals surface area contributed by atoms with Crippen LogP contribution in [-0.4, -0.2) is 29.5 Å². The first-order chi connectivity index (χ1) is 9.52. The zero-order valence-corrected chi connectivity index (χ0v) is 13.2. The number of nitro groups is 1. The molecular weight excluding hydrogens is 322 g/mol. The SMILES string of the molecule is CN(Cc1ccc(Br)c([N+](=O)[O-])c1)C1CCCC1CN. The average Bonchev–Trinajstić information content (AvgIpc) is 2.89. The fourth-order valence-corrected chi connectivity index (χ4v) is 3.47. The second-order valence-electron chi connectivity index (χ2n) is 5.45. The zero-order chi connectivity index (χ0) is 14.7. The van der Waals surface area contributed by atoms with E-state index in [4.69, 9.17) is 5.73 Å². The number of halogens is 1. The van der Waals surface area contributed by atoms with E-state index in [-0.39, 0.29) is 10.6 Å². The van der Waals surface area contributed by atoms with Crippen molar-refractivity contribution < 1.29 is 4.92 Å². The molecule has 0 radical (unpaired) electrons. The highest BCUT2D eigenvalue weighted by Crippen LogP contribution is 2.30. The van der Waals surface area contributed by atoms with Crippen molar-refractivity contribution in [1.82, 2.24) is 4.90 Å². The molecule has 2 unspecified atom stereocenters. The number of rotatable bonds is 5. The molecule has 2 atom stereocenters. The lowest BCUT2D eigenvalue weighted by Gasteiger charge is -2.29. The Hall–Kier alpha value is -0.980. The molecule has 1 fully saturated rings. The summed E-state index contributed by atoms with van der Waals surface area (Å²) >= 11 is 3.21. The lowest BCUT2D eigenvalue weighted by atomic mass is 10.0. The van der Waals surface area contributed by atoms with E-state index in [2.05, 4.69) is 27.9 Å². The van der Waals surface area contributed by atoms with Gasteiger partial charge >= 0.3 is 0 Å². The van der Waals surface area contributed by atoms with Crippen LogP contribution in [0, 0.1) is 16.0 Å². The number of hydrogen-bond acceptors (Lipinski definition) is 4. The van der Waals surface area contributed by atoms with Crippen LogP contribution in [0.1, 0.15) is 24.8 Å². The fraction of sp³-hybridized carbons (Fsp3) is 0.571. The van der Waals surface area contributed by atoms with E-state index in [1.54, 1.807) is 12.1 Å². The highest BCUT2D eigenvalue weighted by molar-refractivity contribution is 9.10. The van der Waals surface area contributed by atoms with Gasteiger partial charge in [-0.1, -0.05) is 12.5 Å². The largest absolute Gasteiger partial charge is 0.330 e. The van der Waals surface area contributed by atoms with E-state index in [9.17, 15) is 10.1 Å². The monoisotopic (exact) mass is 341 g/mol. The summed E-state index contributed by atoms with van der Waals surface area (Å²) in [6, 6.07) is 5.81. The maximum absolute atomic E-state index is 11.0. The Labute approximate surface area is 127 Å². The normalized spacial score (nSPS) is 22.4. The van der Waals surface area contributed by atoms with Crippen LogP contribution in [0.15, 0.2) is 22.7 Å². The Morgan fingerprint density at radius 3 is 2.90 bits per heavy atom. The Morgan fingerprint density at radius 1 is 1.50 bits per heavy atom. The number of benzene rings is 1. The molecule has 0 amide bonds. The quantitative estimate of drug-likeness (QED) is 0.660. The Kier molecular flexibility index (Phi) is 5.12. The van der Waals surface area contributed by atoms with Crippen molar-refractivity contribution in [2.75, 3.05) is 13.6 Å². The average molecular weight is 342 g/mol. The van der Waals surface area contributed by atoms with Gasteiger partial charge in [-0.25, -0.2) is 0 Å². The van der Waals surface area contributed by atoms with E-state index in [0.717, 1.165) is 25.1 Å². The molecule has 1 aromatic rings. The van der Waals surface area contributed by atoms with Crippen molar-refractivity contribution >= 4 is 21.6 Å².